The molecule has 0 spiro atoms. The highest BCUT2D eigenvalue weighted by molar-refractivity contribution is 7.91. The third kappa shape index (κ3) is 5.38. The van der Waals surface area contributed by atoms with Gasteiger partial charge in [0.2, 0.25) is 0 Å². The fourth-order valence-electron chi connectivity index (χ4n) is 2.27. The molecule has 6 nitrogen and oxygen atoms in total. The molecule has 1 aliphatic heterocycles. The number of hydrogen-bond donors (Lipinski definition) is 1. The lowest BCUT2D eigenvalue weighted by molar-refractivity contribution is -0.117. The SMILES string of the molecule is CCCCNC(=O)/C(C#N)=C\N(CC)C1CCS(=O)(=O)C1. The Hall–Kier alpha value is -1.55. The first-order valence-electron chi connectivity index (χ1n) is 7.29. The molecule has 0 aromatic carbocycles. The van der Waals surface area contributed by atoms with E-state index in [2.05, 4.69) is 5.32 Å². The molecule has 0 aliphatic carbocycles. The zero-order valence-electron chi connectivity index (χ0n) is 12.6. The van der Waals surface area contributed by atoms with Gasteiger partial charge in [-0.15, -0.1) is 0 Å². The van der Waals surface area contributed by atoms with Crippen LogP contribution >= 0.6 is 0 Å². The average molecular weight is 313 g/mol. The normalized spacial score (nSPS) is 20.8. The van der Waals surface area contributed by atoms with Gasteiger partial charge in [0.05, 0.1) is 11.5 Å². The maximum atomic E-state index is 11.9. The van der Waals surface area contributed by atoms with Crippen LogP contribution in [-0.4, -0.2) is 49.9 Å². The molecule has 118 valence electrons. The lowest BCUT2D eigenvalue weighted by Gasteiger charge is -2.25. The summed E-state index contributed by atoms with van der Waals surface area (Å²) in [6.45, 7) is 5.00. The van der Waals surface area contributed by atoms with Crippen molar-refractivity contribution >= 4 is 15.7 Å². The number of nitriles is 1. The average Bonchev–Trinajstić information content (AvgIpc) is 2.80. The highest BCUT2D eigenvalue weighted by Gasteiger charge is 2.31. The predicted octanol–water partition coefficient (Wildman–Crippen LogP) is 0.819. The van der Waals surface area contributed by atoms with E-state index < -0.39 is 15.7 Å². The highest BCUT2D eigenvalue weighted by atomic mass is 32.2. The minimum Gasteiger partial charge on any atom is -0.372 e. The molecule has 1 amide bonds. The number of rotatable bonds is 7. The second-order valence-electron chi connectivity index (χ2n) is 5.15. The van der Waals surface area contributed by atoms with Crippen LogP contribution in [0.25, 0.3) is 0 Å². The molecule has 0 radical (unpaired) electrons. The molecule has 0 aromatic rings. The number of hydrogen-bond acceptors (Lipinski definition) is 5. The topological polar surface area (TPSA) is 90.3 Å². The van der Waals surface area contributed by atoms with Crippen molar-refractivity contribution in [3.05, 3.63) is 11.8 Å². The van der Waals surface area contributed by atoms with Crippen LogP contribution in [0, 0.1) is 11.3 Å². The van der Waals surface area contributed by atoms with E-state index in [0.717, 1.165) is 12.8 Å². The van der Waals surface area contributed by atoms with Crippen molar-refractivity contribution in [2.24, 2.45) is 0 Å². The predicted molar refractivity (Wildman–Crippen MR) is 81.1 cm³/mol. The van der Waals surface area contributed by atoms with Gasteiger partial charge in [-0.3, -0.25) is 4.79 Å². The van der Waals surface area contributed by atoms with Crippen LogP contribution in [0.1, 0.15) is 33.1 Å². The first-order chi connectivity index (χ1) is 9.93. The quantitative estimate of drug-likeness (QED) is 0.427. The standard InChI is InChI=1S/C14H23N3O3S/c1-3-5-7-16-14(18)12(9-15)10-17(4-2)13-6-8-21(19,20)11-13/h10,13H,3-8,11H2,1-2H3,(H,16,18)/b12-10-. The van der Waals surface area contributed by atoms with E-state index in [0.29, 0.717) is 19.5 Å². The first kappa shape index (κ1) is 17.5. The Morgan fingerprint density at radius 1 is 1.48 bits per heavy atom. The van der Waals surface area contributed by atoms with Crippen LogP contribution in [0.4, 0.5) is 0 Å². The molecule has 1 unspecified atom stereocenters. The van der Waals surface area contributed by atoms with Crippen LogP contribution in [0.3, 0.4) is 0 Å². The van der Waals surface area contributed by atoms with Gasteiger partial charge in [-0.2, -0.15) is 5.26 Å². The number of unbranched alkanes of at least 4 members (excludes halogenated alkanes) is 1. The molecule has 1 saturated heterocycles. The highest BCUT2D eigenvalue weighted by Crippen LogP contribution is 2.18. The summed E-state index contributed by atoms with van der Waals surface area (Å²) in [7, 11) is -2.99. The second kappa shape index (κ2) is 8.03. The Bertz CT molecular complexity index is 534. The van der Waals surface area contributed by atoms with Gasteiger partial charge in [-0.1, -0.05) is 13.3 Å². The summed E-state index contributed by atoms with van der Waals surface area (Å²) in [5.41, 5.74) is 0.0252. The fraction of sp³-hybridized carbons (Fsp3) is 0.714. The van der Waals surface area contributed by atoms with Crippen LogP contribution in [0.5, 0.6) is 0 Å². The van der Waals surface area contributed by atoms with E-state index in [-0.39, 0.29) is 23.1 Å². The maximum Gasteiger partial charge on any atom is 0.263 e. The van der Waals surface area contributed by atoms with Crippen molar-refractivity contribution in [3.63, 3.8) is 0 Å². The molecule has 1 aliphatic rings. The van der Waals surface area contributed by atoms with Gasteiger partial charge in [-0.25, -0.2) is 8.42 Å². The van der Waals surface area contributed by atoms with E-state index in [1.807, 2.05) is 19.9 Å². The van der Waals surface area contributed by atoms with E-state index in [1.165, 1.54) is 6.20 Å². The molecule has 1 rings (SSSR count). The monoisotopic (exact) mass is 313 g/mol. The number of amides is 1. The molecule has 0 bridgehead atoms. The Morgan fingerprint density at radius 3 is 2.67 bits per heavy atom. The Labute approximate surface area is 126 Å². The van der Waals surface area contributed by atoms with Crippen molar-refractivity contribution in [3.8, 4) is 6.07 Å². The summed E-state index contributed by atoms with van der Waals surface area (Å²) in [6.07, 6.45) is 3.87. The fourth-order valence-corrected chi connectivity index (χ4v) is 4.01. The minimum absolute atomic E-state index is 0.0252. The lowest BCUT2D eigenvalue weighted by Crippen LogP contribution is -2.33. The summed E-state index contributed by atoms with van der Waals surface area (Å²) >= 11 is 0. The van der Waals surface area contributed by atoms with Crippen molar-refractivity contribution in [1.82, 2.24) is 10.2 Å². The third-order valence-corrected chi connectivity index (χ3v) is 5.27. The lowest BCUT2D eigenvalue weighted by atomic mass is 10.2. The molecule has 7 heteroatoms. The van der Waals surface area contributed by atoms with Crippen LogP contribution < -0.4 is 5.32 Å². The number of nitrogens with zero attached hydrogens (tertiary/aromatic N) is 2. The van der Waals surface area contributed by atoms with E-state index >= 15 is 0 Å². The molecule has 1 atom stereocenters. The number of sulfone groups is 1. The molecular formula is C14H23N3O3S. The summed E-state index contributed by atoms with van der Waals surface area (Å²) in [5.74, 6) is -0.134. The molecule has 0 aromatic heterocycles. The Kier molecular flexibility index (Phi) is 6.69. The molecule has 0 saturated carbocycles. The molecule has 1 heterocycles. The molecule has 1 fully saturated rings. The minimum atomic E-state index is -2.99. The number of carbonyl (C=O) groups is 1. The van der Waals surface area contributed by atoms with Gasteiger partial charge in [-0.05, 0) is 19.8 Å². The smallest absolute Gasteiger partial charge is 0.263 e. The van der Waals surface area contributed by atoms with Gasteiger partial charge in [0.25, 0.3) is 5.91 Å². The summed E-state index contributed by atoms with van der Waals surface area (Å²) in [6, 6.07) is 1.75. The molecule has 1 N–H and O–H groups in total. The van der Waals surface area contributed by atoms with Gasteiger partial charge in [0.1, 0.15) is 11.6 Å². The van der Waals surface area contributed by atoms with E-state index in [4.69, 9.17) is 5.26 Å². The van der Waals surface area contributed by atoms with E-state index in [1.54, 1.807) is 4.90 Å². The molecule has 21 heavy (non-hydrogen) atoms. The number of nitrogens with one attached hydrogen (secondary N) is 1. The number of carbonyl (C=O) groups excluding carboxylic acids is 1. The second-order valence-corrected chi connectivity index (χ2v) is 7.38. The Morgan fingerprint density at radius 2 is 2.19 bits per heavy atom. The van der Waals surface area contributed by atoms with E-state index in [9.17, 15) is 13.2 Å². The van der Waals surface area contributed by atoms with Crippen molar-refractivity contribution in [1.29, 1.82) is 5.26 Å². The van der Waals surface area contributed by atoms with Crippen LogP contribution in [0.15, 0.2) is 11.8 Å². The van der Waals surface area contributed by atoms with Crippen molar-refractivity contribution in [2.45, 2.75) is 39.2 Å². The van der Waals surface area contributed by atoms with Crippen LogP contribution in [-0.2, 0) is 14.6 Å². The summed E-state index contributed by atoms with van der Waals surface area (Å²) in [5, 5.41) is 11.8. The van der Waals surface area contributed by atoms with Gasteiger partial charge in [0.15, 0.2) is 9.84 Å². The van der Waals surface area contributed by atoms with Crippen molar-refractivity contribution < 1.29 is 13.2 Å². The van der Waals surface area contributed by atoms with Crippen LogP contribution in [0.2, 0.25) is 0 Å². The largest absolute Gasteiger partial charge is 0.372 e. The summed E-state index contributed by atoms with van der Waals surface area (Å²) in [4.78, 5) is 13.7. The first-order valence-corrected chi connectivity index (χ1v) is 9.12. The maximum absolute atomic E-state index is 11.9. The third-order valence-electron chi connectivity index (χ3n) is 3.52. The zero-order chi connectivity index (χ0) is 15.9. The van der Waals surface area contributed by atoms with Gasteiger partial charge < -0.3 is 10.2 Å². The van der Waals surface area contributed by atoms with Gasteiger partial charge >= 0.3 is 0 Å². The molecular weight excluding hydrogens is 290 g/mol. The summed E-state index contributed by atoms with van der Waals surface area (Å²) < 4.78 is 23.1. The van der Waals surface area contributed by atoms with Crippen molar-refractivity contribution in [2.75, 3.05) is 24.6 Å². The Balaban J connectivity index is 2.75. The van der Waals surface area contributed by atoms with Gasteiger partial charge in [0, 0.05) is 25.3 Å². The zero-order valence-corrected chi connectivity index (χ0v) is 13.4.